The minimum atomic E-state index is -1.33. The minimum Gasteiger partial charge on any atom is -0.256 e. The van der Waals surface area contributed by atoms with Crippen molar-refractivity contribution >= 4 is 13.3 Å². The van der Waals surface area contributed by atoms with Crippen LogP contribution in [0.2, 0.25) is 19.6 Å². The number of pyridine rings is 1. The SMILES string of the molecule is CC(C)(C)Cc1cc([Si](C)(C)C)cnc1-c1ccccc1. The lowest BCUT2D eigenvalue weighted by Gasteiger charge is -2.23. The van der Waals surface area contributed by atoms with E-state index in [2.05, 4.69) is 83.0 Å². The van der Waals surface area contributed by atoms with Crippen LogP contribution in [0, 0.1) is 5.41 Å². The molecular weight excluding hydrogens is 270 g/mol. The van der Waals surface area contributed by atoms with E-state index < -0.39 is 8.07 Å². The molecule has 0 N–H and O–H groups in total. The lowest BCUT2D eigenvalue weighted by Crippen LogP contribution is -2.38. The standard InChI is InChI=1S/C19H27NSi/c1-19(2,3)13-16-12-17(21(4,5)6)14-20-18(16)15-10-8-7-9-11-15/h7-12,14H,13H2,1-6H3. The molecule has 0 radical (unpaired) electrons. The number of rotatable bonds is 3. The molecule has 0 amide bonds. The Balaban J connectivity index is 2.54. The highest BCUT2D eigenvalue weighted by Gasteiger charge is 2.21. The molecule has 21 heavy (non-hydrogen) atoms. The average Bonchev–Trinajstić information content (AvgIpc) is 2.36. The first kappa shape index (κ1) is 16.0. The van der Waals surface area contributed by atoms with Gasteiger partial charge in [0, 0.05) is 11.8 Å². The molecule has 1 aromatic carbocycles. The summed E-state index contributed by atoms with van der Waals surface area (Å²) in [6, 6.07) is 13.0. The highest BCUT2D eigenvalue weighted by atomic mass is 28.3. The quantitative estimate of drug-likeness (QED) is 0.736. The van der Waals surface area contributed by atoms with Crippen LogP contribution in [0.4, 0.5) is 0 Å². The average molecular weight is 298 g/mol. The molecule has 1 heterocycles. The summed E-state index contributed by atoms with van der Waals surface area (Å²) in [5.41, 5.74) is 4.02. The van der Waals surface area contributed by atoms with Gasteiger partial charge in [-0.25, -0.2) is 0 Å². The normalized spacial score (nSPS) is 12.5. The molecule has 0 saturated carbocycles. The van der Waals surface area contributed by atoms with Crippen molar-refractivity contribution < 1.29 is 0 Å². The largest absolute Gasteiger partial charge is 0.256 e. The maximum absolute atomic E-state index is 4.83. The topological polar surface area (TPSA) is 12.9 Å². The summed E-state index contributed by atoms with van der Waals surface area (Å²) in [7, 11) is -1.33. The predicted molar refractivity (Wildman–Crippen MR) is 95.8 cm³/mol. The molecule has 0 aliphatic heterocycles. The number of nitrogens with zero attached hydrogens (tertiary/aromatic N) is 1. The van der Waals surface area contributed by atoms with Crippen molar-refractivity contribution in [2.45, 2.75) is 46.8 Å². The summed E-state index contributed by atoms with van der Waals surface area (Å²) in [5.74, 6) is 0. The van der Waals surface area contributed by atoms with Crippen LogP contribution in [-0.2, 0) is 6.42 Å². The highest BCUT2D eigenvalue weighted by molar-refractivity contribution is 6.88. The molecule has 0 fully saturated rings. The van der Waals surface area contributed by atoms with E-state index in [1.54, 1.807) is 0 Å². The molecule has 0 atom stereocenters. The summed E-state index contributed by atoms with van der Waals surface area (Å²) in [6.07, 6.45) is 3.16. The number of hydrogen-bond donors (Lipinski definition) is 0. The fourth-order valence-corrected chi connectivity index (χ4v) is 3.54. The van der Waals surface area contributed by atoms with Gasteiger partial charge in [0.05, 0.1) is 13.8 Å². The van der Waals surface area contributed by atoms with Crippen LogP contribution in [0.1, 0.15) is 26.3 Å². The zero-order valence-electron chi connectivity index (χ0n) is 14.2. The third-order valence-corrected chi connectivity index (χ3v) is 5.61. The maximum Gasteiger partial charge on any atom is 0.0796 e. The molecule has 1 nitrogen and oxygen atoms in total. The van der Waals surface area contributed by atoms with Crippen molar-refractivity contribution in [3.8, 4) is 11.3 Å². The monoisotopic (exact) mass is 297 g/mol. The van der Waals surface area contributed by atoms with Crippen molar-refractivity contribution in [3.05, 3.63) is 48.2 Å². The van der Waals surface area contributed by atoms with Crippen LogP contribution in [0.5, 0.6) is 0 Å². The fourth-order valence-electron chi connectivity index (χ4n) is 2.48. The first-order valence-corrected chi connectivity index (χ1v) is 11.2. The molecule has 0 unspecified atom stereocenters. The van der Waals surface area contributed by atoms with E-state index in [0.717, 1.165) is 12.1 Å². The van der Waals surface area contributed by atoms with Gasteiger partial charge in [0.15, 0.2) is 0 Å². The zero-order valence-corrected chi connectivity index (χ0v) is 15.2. The predicted octanol–water partition coefficient (Wildman–Crippen LogP) is 4.88. The van der Waals surface area contributed by atoms with Crippen molar-refractivity contribution in [1.29, 1.82) is 0 Å². The maximum atomic E-state index is 4.83. The van der Waals surface area contributed by atoms with E-state index >= 15 is 0 Å². The molecule has 1 aromatic heterocycles. The van der Waals surface area contributed by atoms with Crippen LogP contribution in [0.15, 0.2) is 42.6 Å². The smallest absolute Gasteiger partial charge is 0.0796 e. The summed E-state index contributed by atoms with van der Waals surface area (Å²) < 4.78 is 0. The molecule has 0 saturated heterocycles. The first-order chi connectivity index (χ1) is 9.67. The third-order valence-electron chi connectivity index (χ3n) is 3.60. The van der Waals surface area contributed by atoms with Crippen molar-refractivity contribution in [2.24, 2.45) is 5.41 Å². The Morgan fingerprint density at radius 3 is 2.14 bits per heavy atom. The molecular formula is C19H27NSi. The second kappa shape index (κ2) is 5.76. The van der Waals surface area contributed by atoms with Gasteiger partial charge in [0.25, 0.3) is 0 Å². The number of aromatic nitrogens is 1. The van der Waals surface area contributed by atoms with Gasteiger partial charge in [-0.2, -0.15) is 0 Å². The van der Waals surface area contributed by atoms with Gasteiger partial charge in [0.2, 0.25) is 0 Å². The van der Waals surface area contributed by atoms with Crippen LogP contribution in [0.3, 0.4) is 0 Å². The van der Waals surface area contributed by atoms with Gasteiger partial charge < -0.3 is 0 Å². The molecule has 0 bridgehead atoms. The van der Waals surface area contributed by atoms with Crippen LogP contribution >= 0.6 is 0 Å². The first-order valence-electron chi connectivity index (χ1n) is 7.72. The second-order valence-electron chi connectivity index (χ2n) is 8.09. The highest BCUT2D eigenvalue weighted by Crippen LogP contribution is 2.27. The van der Waals surface area contributed by atoms with Gasteiger partial charge in [0.1, 0.15) is 0 Å². The van der Waals surface area contributed by atoms with Crippen molar-refractivity contribution in [1.82, 2.24) is 4.98 Å². The molecule has 0 aliphatic rings. The van der Waals surface area contributed by atoms with E-state index in [9.17, 15) is 0 Å². The number of hydrogen-bond acceptors (Lipinski definition) is 1. The van der Waals surface area contributed by atoms with Gasteiger partial charge in [-0.1, -0.05) is 76.8 Å². The van der Waals surface area contributed by atoms with Gasteiger partial charge in [-0.05, 0) is 22.6 Å². The third kappa shape index (κ3) is 4.27. The lowest BCUT2D eigenvalue weighted by molar-refractivity contribution is 0.411. The Hall–Kier alpha value is -1.41. The molecule has 0 aliphatic carbocycles. The fraction of sp³-hybridized carbons (Fsp3) is 0.421. The Labute approximate surface area is 130 Å². The second-order valence-corrected chi connectivity index (χ2v) is 13.2. The Morgan fingerprint density at radius 1 is 1.00 bits per heavy atom. The molecule has 0 spiro atoms. The van der Waals surface area contributed by atoms with E-state index in [4.69, 9.17) is 4.98 Å². The van der Waals surface area contributed by atoms with Crippen molar-refractivity contribution in [3.63, 3.8) is 0 Å². The van der Waals surface area contributed by atoms with Crippen molar-refractivity contribution in [2.75, 3.05) is 0 Å². The van der Waals surface area contributed by atoms with E-state index in [1.165, 1.54) is 16.3 Å². The lowest BCUT2D eigenvalue weighted by atomic mass is 9.86. The Kier molecular flexibility index (Phi) is 4.38. The summed E-state index contributed by atoms with van der Waals surface area (Å²) in [4.78, 5) is 4.83. The minimum absolute atomic E-state index is 0.267. The summed E-state index contributed by atoms with van der Waals surface area (Å²) in [6.45, 7) is 14.0. The van der Waals surface area contributed by atoms with E-state index in [1.807, 2.05) is 0 Å². The molecule has 2 heteroatoms. The Morgan fingerprint density at radius 2 is 1.62 bits per heavy atom. The Bertz CT molecular complexity index is 604. The molecule has 2 aromatic rings. The van der Waals surface area contributed by atoms with Crippen LogP contribution in [-0.4, -0.2) is 13.1 Å². The zero-order chi connectivity index (χ0) is 15.7. The summed E-state index contributed by atoms with van der Waals surface area (Å²) in [5, 5.41) is 1.45. The van der Waals surface area contributed by atoms with Crippen LogP contribution in [0.25, 0.3) is 11.3 Å². The van der Waals surface area contributed by atoms with Gasteiger partial charge >= 0.3 is 0 Å². The molecule has 112 valence electrons. The molecule has 2 rings (SSSR count). The number of benzene rings is 1. The van der Waals surface area contributed by atoms with E-state index in [0.29, 0.717) is 0 Å². The van der Waals surface area contributed by atoms with E-state index in [-0.39, 0.29) is 5.41 Å². The summed E-state index contributed by atoms with van der Waals surface area (Å²) >= 11 is 0. The van der Waals surface area contributed by atoms with Crippen LogP contribution < -0.4 is 5.19 Å². The van der Waals surface area contributed by atoms with Gasteiger partial charge in [-0.3, -0.25) is 4.98 Å². The van der Waals surface area contributed by atoms with Gasteiger partial charge in [-0.15, -0.1) is 0 Å².